The van der Waals surface area contributed by atoms with Crippen LogP contribution in [0.25, 0.3) is 11.3 Å². The van der Waals surface area contributed by atoms with Crippen LogP contribution in [0.4, 0.5) is 4.39 Å². The number of aryl methyl sites for hydroxylation is 1. The monoisotopic (exact) mass is 346 g/mol. The second-order valence-electron chi connectivity index (χ2n) is 6.62. The fourth-order valence-electron chi connectivity index (χ4n) is 3.19. The molecular weight excluding hydrogens is 323 g/mol. The van der Waals surface area contributed by atoms with Crippen molar-refractivity contribution in [2.45, 2.75) is 44.6 Å². The van der Waals surface area contributed by atoms with Gasteiger partial charge in [0.25, 0.3) is 0 Å². The molecule has 5 nitrogen and oxygen atoms in total. The fraction of sp³-hybridized carbons (Fsp3) is 0.474. The number of carbonyl (C=O) groups is 1. The van der Waals surface area contributed by atoms with Gasteiger partial charge in [-0.15, -0.1) is 0 Å². The minimum atomic E-state index is -0.300. The van der Waals surface area contributed by atoms with Crippen LogP contribution in [0.1, 0.15) is 38.0 Å². The summed E-state index contributed by atoms with van der Waals surface area (Å²) < 4.78 is 18.6. The highest BCUT2D eigenvalue weighted by atomic mass is 19.1. The number of aliphatic hydroxyl groups excluding tert-OH is 1. The molecule has 1 aliphatic rings. The molecule has 1 fully saturated rings. The van der Waals surface area contributed by atoms with E-state index in [1.807, 2.05) is 0 Å². The van der Waals surface area contributed by atoms with Crippen molar-refractivity contribution < 1.29 is 18.7 Å². The Balaban J connectivity index is 1.44. The Morgan fingerprint density at radius 3 is 2.88 bits per heavy atom. The van der Waals surface area contributed by atoms with Crippen LogP contribution in [0.2, 0.25) is 0 Å². The first-order valence-corrected chi connectivity index (χ1v) is 8.75. The number of aromatic nitrogens is 1. The molecule has 134 valence electrons. The average molecular weight is 346 g/mol. The number of nitrogens with zero attached hydrogens (tertiary/aromatic N) is 1. The van der Waals surface area contributed by atoms with Crippen molar-refractivity contribution in [1.29, 1.82) is 0 Å². The lowest BCUT2D eigenvalue weighted by atomic mass is 9.87. The molecule has 0 saturated heterocycles. The number of carbonyl (C=O) groups excluding carboxylic acids is 1. The lowest BCUT2D eigenvalue weighted by molar-refractivity contribution is -0.121. The van der Waals surface area contributed by atoms with Crippen molar-refractivity contribution in [2.24, 2.45) is 5.92 Å². The van der Waals surface area contributed by atoms with E-state index in [2.05, 4.69) is 10.3 Å². The molecule has 2 N–H and O–H groups in total. The third-order valence-corrected chi connectivity index (χ3v) is 4.59. The maximum atomic E-state index is 12.9. The third kappa shape index (κ3) is 5.13. The Labute approximate surface area is 146 Å². The van der Waals surface area contributed by atoms with E-state index in [0.717, 1.165) is 31.2 Å². The number of hydrogen-bond donors (Lipinski definition) is 2. The predicted molar refractivity (Wildman–Crippen MR) is 91.2 cm³/mol. The fourth-order valence-corrected chi connectivity index (χ4v) is 3.19. The van der Waals surface area contributed by atoms with Crippen molar-refractivity contribution >= 4 is 5.91 Å². The van der Waals surface area contributed by atoms with Gasteiger partial charge >= 0.3 is 0 Å². The summed E-state index contributed by atoms with van der Waals surface area (Å²) in [6, 6.07) is 6.00. The molecule has 0 aliphatic heterocycles. The molecule has 2 aromatic rings. The number of benzene rings is 1. The van der Waals surface area contributed by atoms with Crippen molar-refractivity contribution in [3.63, 3.8) is 0 Å². The second kappa shape index (κ2) is 8.25. The first-order valence-electron chi connectivity index (χ1n) is 8.75. The zero-order valence-corrected chi connectivity index (χ0v) is 14.1. The van der Waals surface area contributed by atoms with Crippen molar-refractivity contribution in [3.05, 3.63) is 42.2 Å². The standard InChI is InChI=1S/C19H23FN2O3/c20-15-6-4-14(5-7-15)17-12-22-19(25-17)9-8-18(24)21-11-13-2-1-3-16(23)10-13/h4-7,12-13,16,23H,1-3,8-11H2,(H,21,24). The highest BCUT2D eigenvalue weighted by molar-refractivity contribution is 5.76. The van der Waals surface area contributed by atoms with Gasteiger partial charge in [0, 0.05) is 24.9 Å². The normalized spacial score (nSPS) is 20.4. The first kappa shape index (κ1) is 17.6. The molecule has 1 aliphatic carbocycles. The van der Waals surface area contributed by atoms with Gasteiger partial charge in [-0.2, -0.15) is 0 Å². The Morgan fingerprint density at radius 2 is 2.12 bits per heavy atom. The molecule has 0 radical (unpaired) electrons. The molecule has 1 amide bonds. The van der Waals surface area contributed by atoms with Crippen LogP contribution >= 0.6 is 0 Å². The maximum Gasteiger partial charge on any atom is 0.220 e. The van der Waals surface area contributed by atoms with Gasteiger partial charge < -0.3 is 14.8 Å². The minimum Gasteiger partial charge on any atom is -0.441 e. The van der Waals surface area contributed by atoms with Crippen LogP contribution in [-0.2, 0) is 11.2 Å². The van der Waals surface area contributed by atoms with Crippen molar-refractivity contribution in [1.82, 2.24) is 10.3 Å². The highest BCUT2D eigenvalue weighted by Crippen LogP contribution is 2.23. The topological polar surface area (TPSA) is 75.4 Å². The van der Waals surface area contributed by atoms with E-state index >= 15 is 0 Å². The Bertz CT molecular complexity index is 699. The van der Waals surface area contributed by atoms with Gasteiger partial charge in [-0.3, -0.25) is 4.79 Å². The Kier molecular flexibility index (Phi) is 5.81. The summed E-state index contributed by atoms with van der Waals surface area (Å²) in [5, 5.41) is 12.6. The summed E-state index contributed by atoms with van der Waals surface area (Å²) >= 11 is 0. The molecule has 1 aromatic carbocycles. The number of halogens is 1. The zero-order valence-electron chi connectivity index (χ0n) is 14.1. The van der Waals surface area contributed by atoms with Crippen LogP contribution in [0, 0.1) is 11.7 Å². The minimum absolute atomic E-state index is 0.0402. The molecule has 1 saturated carbocycles. The van der Waals surface area contributed by atoms with E-state index in [-0.39, 0.29) is 17.8 Å². The summed E-state index contributed by atoms with van der Waals surface area (Å²) in [6.45, 7) is 0.613. The first-order chi connectivity index (χ1) is 12.1. The molecule has 1 heterocycles. The lowest BCUT2D eigenvalue weighted by Gasteiger charge is -2.25. The number of rotatable bonds is 6. The SMILES string of the molecule is O=C(CCc1ncc(-c2ccc(F)cc2)o1)NCC1CCCC(O)C1. The quantitative estimate of drug-likeness (QED) is 0.843. The molecule has 3 rings (SSSR count). The van der Waals surface area contributed by atoms with E-state index in [0.29, 0.717) is 37.0 Å². The van der Waals surface area contributed by atoms with Gasteiger partial charge in [0.1, 0.15) is 5.82 Å². The van der Waals surface area contributed by atoms with Crippen LogP contribution < -0.4 is 5.32 Å². The molecule has 0 bridgehead atoms. The smallest absolute Gasteiger partial charge is 0.220 e. The van der Waals surface area contributed by atoms with E-state index in [9.17, 15) is 14.3 Å². The number of aliphatic hydroxyl groups is 1. The van der Waals surface area contributed by atoms with Crippen molar-refractivity contribution in [2.75, 3.05) is 6.54 Å². The third-order valence-electron chi connectivity index (χ3n) is 4.59. The van der Waals surface area contributed by atoms with Crippen molar-refractivity contribution in [3.8, 4) is 11.3 Å². The van der Waals surface area contributed by atoms with Gasteiger partial charge in [0.2, 0.25) is 5.91 Å². The Morgan fingerprint density at radius 1 is 1.32 bits per heavy atom. The summed E-state index contributed by atoms with van der Waals surface area (Å²) in [5.41, 5.74) is 0.750. The predicted octanol–water partition coefficient (Wildman–Crippen LogP) is 3.08. The van der Waals surface area contributed by atoms with E-state index in [1.54, 1.807) is 18.3 Å². The number of hydrogen-bond acceptors (Lipinski definition) is 4. The lowest BCUT2D eigenvalue weighted by Crippen LogP contribution is -2.33. The summed E-state index contributed by atoms with van der Waals surface area (Å²) in [5.74, 6) is 1.07. The summed E-state index contributed by atoms with van der Waals surface area (Å²) in [6.07, 6.45) is 5.78. The van der Waals surface area contributed by atoms with Gasteiger partial charge in [-0.25, -0.2) is 9.37 Å². The molecular formula is C19H23FN2O3. The number of oxazole rings is 1. The highest BCUT2D eigenvalue weighted by Gasteiger charge is 2.20. The van der Waals surface area contributed by atoms with Gasteiger partial charge in [0.05, 0.1) is 12.3 Å². The van der Waals surface area contributed by atoms with E-state index in [4.69, 9.17) is 4.42 Å². The zero-order chi connectivity index (χ0) is 17.6. The summed E-state index contributed by atoms with van der Waals surface area (Å²) in [4.78, 5) is 16.1. The van der Waals surface area contributed by atoms with Gasteiger partial charge in [-0.1, -0.05) is 6.42 Å². The maximum absolute atomic E-state index is 12.9. The Hall–Kier alpha value is -2.21. The molecule has 0 spiro atoms. The molecule has 2 unspecified atom stereocenters. The molecule has 1 aromatic heterocycles. The summed E-state index contributed by atoms with van der Waals surface area (Å²) in [7, 11) is 0. The number of nitrogens with one attached hydrogen (secondary N) is 1. The molecule has 2 atom stereocenters. The van der Waals surface area contributed by atoms with Gasteiger partial charge in [0.15, 0.2) is 11.7 Å². The number of amides is 1. The van der Waals surface area contributed by atoms with E-state index < -0.39 is 0 Å². The second-order valence-corrected chi connectivity index (χ2v) is 6.62. The van der Waals surface area contributed by atoms with Crippen LogP contribution in [-0.4, -0.2) is 28.6 Å². The largest absolute Gasteiger partial charge is 0.441 e. The van der Waals surface area contributed by atoms with Crippen LogP contribution in [0.3, 0.4) is 0 Å². The average Bonchev–Trinajstić information content (AvgIpc) is 3.08. The van der Waals surface area contributed by atoms with E-state index in [1.165, 1.54) is 12.1 Å². The van der Waals surface area contributed by atoms with Crippen LogP contribution in [0.5, 0.6) is 0 Å². The van der Waals surface area contributed by atoms with Gasteiger partial charge in [-0.05, 0) is 49.4 Å². The van der Waals surface area contributed by atoms with Crippen LogP contribution in [0.15, 0.2) is 34.9 Å². The molecule has 25 heavy (non-hydrogen) atoms. The molecule has 6 heteroatoms.